The van der Waals surface area contributed by atoms with Crippen molar-refractivity contribution in [1.29, 1.82) is 0 Å². The van der Waals surface area contributed by atoms with Gasteiger partial charge >= 0.3 is 0 Å². The Bertz CT molecular complexity index is 419. The van der Waals surface area contributed by atoms with Crippen molar-refractivity contribution in [3.63, 3.8) is 0 Å². The second-order valence-electron chi connectivity index (χ2n) is 8.46. The van der Waals surface area contributed by atoms with Gasteiger partial charge in [-0.2, -0.15) is 0 Å². The van der Waals surface area contributed by atoms with E-state index in [0.29, 0.717) is 6.42 Å². The van der Waals surface area contributed by atoms with Crippen LogP contribution in [-0.4, -0.2) is 68.0 Å². The van der Waals surface area contributed by atoms with Crippen LogP contribution in [0.25, 0.3) is 0 Å². The molecular weight excluding hydrogens is 326 g/mol. The van der Waals surface area contributed by atoms with Crippen LogP contribution in [0.2, 0.25) is 0 Å². The minimum atomic E-state index is -0.444. The molecule has 1 fully saturated rings. The molecule has 0 bridgehead atoms. The number of likely N-dealkylation sites (tertiary alicyclic amines) is 1. The molecule has 1 saturated heterocycles. The molecule has 1 aliphatic heterocycles. The van der Waals surface area contributed by atoms with Gasteiger partial charge in [-0.1, -0.05) is 20.8 Å². The summed E-state index contributed by atoms with van der Waals surface area (Å²) in [6.07, 6.45) is 4.23. The summed E-state index contributed by atoms with van der Waals surface area (Å²) in [4.78, 5) is 26.5. The largest absolute Gasteiger partial charge is 1.00 e. The summed E-state index contributed by atoms with van der Waals surface area (Å²) in [7, 11) is 6.47. The zero-order valence-corrected chi connectivity index (χ0v) is 17.1. The average Bonchev–Trinajstić information content (AvgIpc) is 2.85. The first-order valence-corrected chi connectivity index (χ1v) is 8.95. The standard InChI is InChI=1S/C18H35N3O2.ClH/c1-7-15(20-12-8-10-16(20)22)14-18(2,3)17(23)19-11-9-13-21(4,5)6;/h15H,7-14H2,1-6H3;1H. The Kier molecular flexibility index (Phi) is 9.29. The van der Waals surface area contributed by atoms with Crippen molar-refractivity contribution < 1.29 is 26.5 Å². The second-order valence-corrected chi connectivity index (χ2v) is 8.46. The maximum atomic E-state index is 12.5. The first kappa shape index (κ1) is 23.2. The number of amides is 2. The molecule has 0 saturated carbocycles. The van der Waals surface area contributed by atoms with Gasteiger partial charge in [-0.25, -0.2) is 0 Å². The molecule has 0 aromatic heterocycles. The summed E-state index contributed by atoms with van der Waals surface area (Å²) < 4.78 is 0.911. The number of halogens is 1. The number of hydrogen-bond donors (Lipinski definition) is 1. The maximum absolute atomic E-state index is 12.5. The zero-order chi connectivity index (χ0) is 17.7. The Hall–Kier alpha value is -0.810. The van der Waals surface area contributed by atoms with E-state index in [4.69, 9.17) is 0 Å². The number of quaternary nitrogens is 1. The topological polar surface area (TPSA) is 49.4 Å². The van der Waals surface area contributed by atoms with Crippen LogP contribution in [0.5, 0.6) is 0 Å². The quantitative estimate of drug-likeness (QED) is 0.424. The minimum absolute atomic E-state index is 0. The van der Waals surface area contributed by atoms with E-state index in [1.807, 2.05) is 18.7 Å². The van der Waals surface area contributed by atoms with Crippen molar-refractivity contribution in [3.05, 3.63) is 0 Å². The lowest BCUT2D eigenvalue weighted by Crippen LogP contribution is -3.00. The SMILES string of the molecule is CCC(CC(C)(C)C(=O)NCCC[N+](C)(C)C)N1CCCC1=O.[Cl-]. The van der Waals surface area contributed by atoms with Gasteiger partial charge in [0, 0.05) is 37.4 Å². The molecular formula is C18H36ClN3O2. The number of nitrogens with zero attached hydrogens (tertiary/aromatic N) is 2. The Morgan fingerprint density at radius 1 is 1.33 bits per heavy atom. The average molecular weight is 362 g/mol. The van der Waals surface area contributed by atoms with Gasteiger partial charge in [-0.05, 0) is 19.3 Å². The fourth-order valence-electron chi connectivity index (χ4n) is 3.21. The van der Waals surface area contributed by atoms with Crippen LogP contribution < -0.4 is 17.7 Å². The predicted octanol–water partition coefficient (Wildman–Crippen LogP) is -0.980. The van der Waals surface area contributed by atoms with E-state index in [2.05, 4.69) is 33.4 Å². The molecule has 2 amide bonds. The van der Waals surface area contributed by atoms with E-state index in [9.17, 15) is 9.59 Å². The summed E-state index contributed by atoms with van der Waals surface area (Å²) >= 11 is 0. The zero-order valence-electron chi connectivity index (χ0n) is 16.3. The lowest BCUT2D eigenvalue weighted by molar-refractivity contribution is -0.870. The monoisotopic (exact) mass is 361 g/mol. The molecule has 1 N–H and O–H groups in total. The molecule has 1 heterocycles. The third-order valence-electron chi connectivity index (χ3n) is 4.67. The van der Waals surface area contributed by atoms with Gasteiger partial charge in [-0.15, -0.1) is 0 Å². The van der Waals surface area contributed by atoms with E-state index in [-0.39, 0.29) is 30.3 Å². The lowest BCUT2D eigenvalue weighted by Gasteiger charge is -2.34. The van der Waals surface area contributed by atoms with E-state index in [1.165, 1.54) is 0 Å². The lowest BCUT2D eigenvalue weighted by atomic mass is 9.83. The van der Waals surface area contributed by atoms with Gasteiger partial charge in [0.25, 0.3) is 0 Å². The molecule has 0 aromatic carbocycles. The van der Waals surface area contributed by atoms with Crippen molar-refractivity contribution in [2.24, 2.45) is 5.41 Å². The third kappa shape index (κ3) is 7.39. The Morgan fingerprint density at radius 2 is 1.96 bits per heavy atom. The van der Waals surface area contributed by atoms with Crippen LogP contribution in [0, 0.1) is 5.41 Å². The normalized spacial score (nSPS) is 16.8. The van der Waals surface area contributed by atoms with Crippen LogP contribution in [0.4, 0.5) is 0 Å². The summed E-state index contributed by atoms with van der Waals surface area (Å²) in [6.45, 7) is 8.69. The number of nitrogens with one attached hydrogen (secondary N) is 1. The third-order valence-corrected chi connectivity index (χ3v) is 4.67. The Balaban J connectivity index is 0.00000529. The summed E-state index contributed by atoms with van der Waals surface area (Å²) in [5.74, 6) is 0.347. The van der Waals surface area contributed by atoms with Gasteiger partial charge in [0.1, 0.15) is 0 Å². The first-order valence-electron chi connectivity index (χ1n) is 8.95. The second kappa shape index (κ2) is 9.62. The van der Waals surface area contributed by atoms with Crippen molar-refractivity contribution in [1.82, 2.24) is 10.2 Å². The summed E-state index contributed by atoms with van der Waals surface area (Å²) in [5.41, 5.74) is -0.444. The molecule has 5 nitrogen and oxygen atoms in total. The molecule has 6 heteroatoms. The minimum Gasteiger partial charge on any atom is -1.00 e. The fourth-order valence-corrected chi connectivity index (χ4v) is 3.21. The smallest absolute Gasteiger partial charge is 0.225 e. The molecule has 1 atom stereocenters. The Morgan fingerprint density at radius 3 is 2.42 bits per heavy atom. The predicted molar refractivity (Wildman–Crippen MR) is 94.0 cm³/mol. The number of hydrogen-bond acceptors (Lipinski definition) is 2. The molecule has 1 aliphatic rings. The maximum Gasteiger partial charge on any atom is 0.225 e. The summed E-state index contributed by atoms with van der Waals surface area (Å²) in [6, 6.07) is 0.178. The van der Waals surface area contributed by atoms with Crippen molar-refractivity contribution in [2.75, 3.05) is 40.8 Å². The molecule has 0 aliphatic carbocycles. The highest BCUT2D eigenvalue weighted by Crippen LogP contribution is 2.29. The highest BCUT2D eigenvalue weighted by Gasteiger charge is 2.35. The van der Waals surface area contributed by atoms with Crippen LogP contribution in [0.1, 0.15) is 52.9 Å². The molecule has 24 heavy (non-hydrogen) atoms. The van der Waals surface area contributed by atoms with Gasteiger partial charge in [-0.3, -0.25) is 9.59 Å². The van der Waals surface area contributed by atoms with E-state index >= 15 is 0 Å². The van der Waals surface area contributed by atoms with Crippen LogP contribution in [-0.2, 0) is 9.59 Å². The highest BCUT2D eigenvalue weighted by atomic mass is 35.5. The molecule has 0 aromatic rings. The van der Waals surface area contributed by atoms with Crippen LogP contribution in [0.3, 0.4) is 0 Å². The fraction of sp³-hybridized carbons (Fsp3) is 0.889. The number of carbonyl (C=O) groups excluding carboxylic acids is 2. The van der Waals surface area contributed by atoms with Crippen LogP contribution >= 0.6 is 0 Å². The molecule has 0 spiro atoms. The molecule has 1 rings (SSSR count). The van der Waals surface area contributed by atoms with Crippen LogP contribution in [0.15, 0.2) is 0 Å². The van der Waals surface area contributed by atoms with E-state index in [1.54, 1.807) is 0 Å². The van der Waals surface area contributed by atoms with E-state index in [0.717, 1.165) is 49.8 Å². The van der Waals surface area contributed by atoms with Gasteiger partial charge in [0.2, 0.25) is 11.8 Å². The molecule has 0 radical (unpaired) electrons. The molecule has 142 valence electrons. The summed E-state index contributed by atoms with van der Waals surface area (Å²) in [5, 5.41) is 3.07. The van der Waals surface area contributed by atoms with E-state index < -0.39 is 5.41 Å². The first-order chi connectivity index (χ1) is 10.6. The highest BCUT2D eigenvalue weighted by molar-refractivity contribution is 5.82. The van der Waals surface area contributed by atoms with Crippen molar-refractivity contribution >= 4 is 11.8 Å². The van der Waals surface area contributed by atoms with Crippen molar-refractivity contribution in [3.8, 4) is 0 Å². The van der Waals surface area contributed by atoms with Gasteiger partial charge < -0.3 is 27.1 Å². The molecule has 1 unspecified atom stereocenters. The Labute approximate surface area is 154 Å². The number of carbonyl (C=O) groups is 2. The number of rotatable bonds is 9. The van der Waals surface area contributed by atoms with Gasteiger partial charge in [0.05, 0.1) is 27.7 Å². The van der Waals surface area contributed by atoms with Crippen molar-refractivity contribution in [2.45, 2.75) is 58.9 Å². The van der Waals surface area contributed by atoms with Gasteiger partial charge in [0.15, 0.2) is 0 Å².